The van der Waals surface area contributed by atoms with Crippen molar-refractivity contribution >= 4 is 0 Å². The lowest BCUT2D eigenvalue weighted by molar-refractivity contribution is -0.00535. The van der Waals surface area contributed by atoms with Crippen LogP contribution in [-0.4, -0.2) is 38.1 Å². The number of hydrogen-bond acceptors (Lipinski definition) is 4. The zero-order chi connectivity index (χ0) is 13.0. The summed E-state index contributed by atoms with van der Waals surface area (Å²) >= 11 is 0. The molecule has 0 spiro atoms. The molecule has 1 aromatic rings. The maximum Gasteiger partial charge on any atom is 0.138 e. The first-order chi connectivity index (χ1) is 8.63. The second kappa shape index (κ2) is 5.80. The minimum absolute atomic E-state index is 0.574. The SMILES string of the molecule is CCCNC1CCC(O)(Cc2ncnn2C)CC1. The van der Waals surface area contributed by atoms with Gasteiger partial charge in [0.1, 0.15) is 12.2 Å². The number of nitrogens with one attached hydrogen (secondary N) is 1. The van der Waals surface area contributed by atoms with Crippen LogP contribution < -0.4 is 5.32 Å². The summed E-state index contributed by atoms with van der Waals surface area (Å²) in [7, 11) is 1.88. The van der Waals surface area contributed by atoms with Gasteiger partial charge in [-0.2, -0.15) is 5.10 Å². The number of hydrogen-bond donors (Lipinski definition) is 2. The maximum absolute atomic E-state index is 10.6. The number of aryl methyl sites for hydroxylation is 1. The predicted molar refractivity (Wildman–Crippen MR) is 70.2 cm³/mol. The van der Waals surface area contributed by atoms with Gasteiger partial charge in [-0.15, -0.1) is 0 Å². The Kier molecular flexibility index (Phi) is 4.35. The van der Waals surface area contributed by atoms with Gasteiger partial charge in [-0.1, -0.05) is 6.92 Å². The molecule has 102 valence electrons. The first-order valence-corrected chi connectivity index (χ1v) is 6.91. The van der Waals surface area contributed by atoms with Crippen molar-refractivity contribution in [2.24, 2.45) is 7.05 Å². The lowest BCUT2D eigenvalue weighted by Gasteiger charge is -2.36. The summed E-state index contributed by atoms with van der Waals surface area (Å²) in [6.45, 7) is 3.26. The molecule has 0 unspecified atom stereocenters. The average Bonchev–Trinajstić information content (AvgIpc) is 2.74. The van der Waals surface area contributed by atoms with Gasteiger partial charge in [-0.25, -0.2) is 4.98 Å². The van der Waals surface area contributed by atoms with Crippen LogP contribution in [0, 0.1) is 0 Å². The summed E-state index contributed by atoms with van der Waals surface area (Å²) in [6, 6.07) is 0.574. The maximum atomic E-state index is 10.6. The number of aliphatic hydroxyl groups is 1. The van der Waals surface area contributed by atoms with Crippen LogP contribution >= 0.6 is 0 Å². The standard InChI is InChI=1S/C13H24N4O/c1-3-8-14-11-4-6-13(18,7-5-11)9-12-15-10-16-17(12)2/h10-11,14,18H,3-9H2,1-2H3. The summed E-state index contributed by atoms with van der Waals surface area (Å²) in [6.07, 6.45) is 7.13. The highest BCUT2D eigenvalue weighted by Gasteiger charge is 2.34. The monoisotopic (exact) mass is 252 g/mol. The van der Waals surface area contributed by atoms with Gasteiger partial charge in [0.05, 0.1) is 5.60 Å². The molecule has 1 saturated carbocycles. The fourth-order valence-electron chi connectivity index (χ4n) is 2.66. The molecule has 1 aromatic heterocycles. The fourth-order valence-corrected chi connectivity index (χ4v) is 2.66. The molecule has 1 aliphatic carbocycles. The van der Waals surface area contributed by atoms with Gasteiger partial charge in [0.15, 0.2) is 0 Å². The van der Waals surface area contributed by atoms with Crippen LogP contribution in [0.15, 0.2) is 6.33 Å². The number of aromatic nitrogens is 3. The van der Waals surface area contributed by atoms with Crippen molar-refractivity contribution in [3.63, 3.8) is 0 Å². The molecular weight excluding hydrogens is 228 g/mol. The average molecular weight is 252 g/mol. The first kappa shape index (κ1) is 13.5. The van der Waals surface area contributed by atoms with Gasteiger partial charge < -0.3 is 10.4 Å². The summed E-state index contributed by atoms with van der Waals surface area (Å²) in [5.74, 6) is 0.873. The quantitative estimate of drug-likeness (QED) is 0.821. The lowest BCUT2D eigenvalue weighted by Crippen LogP contribution is -2.43. The van der Waals surface area contributed by atoms with Crippen LogP contribution in [0.1, 0.15) is 44.9 Å². The van der Waals surface area contributed by atoms with E-state index in [0.29, 0.717) is 12.5 Å². The molecule has 1 fully saturated rings. The van der Waals surface area contributed by atoms with E-state index < -0.39 is 5.60 Å². The van der Waals surface area contributed by atoms with Crippen molar-refractivity contribution in [2.75, 3.05) is 6.54 Å². The second-order valence-corrected chi connectivity index (χ2v) is 5.43. The summed E-state index contributed by atoms with van der Waals surface area (Å²) < 4.78 is 1.75. The summed E-state index contributed by atoms with van der Waals surface area (Å²) in [4.78, 5) is 4.20. The summed E-state index contributed by atoms with van der Waals surface area (Å²) in [5.41, 5.74) is -0.592. The molecule has 0 bridgehead atoms. The van der Waals surface area contributed by atoms with Gasteiger partial charge >= 0.3 is 0 Å². The molecule has 2 N–H and O–H groups in total. The van der Waals surface area contributed by atoms with Gasteiger partial charge in [-0.05, 0) is 38.6 Å². The highest BCUT2D eigenvalue weighted by molar-refractivity contribution is 4.97. The molecule has 0 aliphatic heterocycles. The van der Waals surface area contributed by atoms with Gasteiger partial charge in [0.2, 0.25) is 0 Å². The highest BCUT2D eigenvalue weighted by atomic mass is 16.3. The molecule has 1 heterocycles. The Balaban J connectivity index is 1.85. The Hall–Kier alpha value is -0.940. The van der Waals surface area contributed by atoms with E-state index >= 15 is 0 Å². The molecule has 0 atom stereocenters. The lowest BCUT2D eigenvalue weighted by atomic mass is 9.80. The molecule has 0 radical (unpaired) electrons. The van der Waals surface area contributed by atoms with E-state index in [2.05, 4.69) is 22.3 Å². The van der Waals surface area contributed by atoms with Crippen LogP contribution in [0.4, 0.5) is 0 Å². The minimum atomic E-state index is -0.592. The van der Waals surface area contributed by atoms with E-state index in [1.54, 1.807) is 11.0 Å². The van der Waals surface area contributed by atoms with E-state index in [1.807, 2.05) is 7.05 Å². The Morgan fingerprint density at radius 2 is 2.22 bits per heavy atom. The molecule has 18 heavy (non-hydrogen) atoms. The van der Waals surface area contributed by atoms with Crippen molar-refractivity contribution in [3.8, 4) is 0 Å². The van der Waals surface area contributed by atoms with Crippen LogP contribution in [0.5, 0.6) is 0 Å². The largest absolute Gasteiger partial charge is 0.389 e. The molecule has 0 aromatic carbocycles. The van der Waals surface area contributed by atoms with E-state index in [1.165, 1.54) is 6.42 Å². The van der Waals surface area contributed by atoms with Crippen molar-refractivity contribution in [1.82, 2.24) is 20.1 Å². The van der Waals surface area contributed by atoms with E-state index in [4.69, 9.17) is 0 Å². The topological polar surface area (TPSA) is 63.0 Å². The van der Waals surface area contributed by atoms with E-state index in [-0.39, 0.29) is 0 Å². The molecule has 5 heteroatoms. The predicted octanol–water partition coefficient (Wildman–Crippen LogP) is 1.03. The third kappa shape index (κ3) is 3.29. The molecule has 1 aliphatic rings. The second-order valence-electron chi connectivity index (χ2n) is 5.43. The van der Waals surface area contributed by atoms with Crippen molar-refractivity contribution in [3.05, 3.63) is 12.2 Å². The normalized spacial score (nSPS) is 28.5. The fraction of sp³-hybridized carbons (Fsp3) is 0.846. The third-order valence-electron chi connectivity index (χ3n) is 3.89. The highest BCUT2D eigenvalue weighted by Crippen LogP contribution is 2.30. The van der Waals surface area contributed by atoms with Crippen molar-refractivity contribution in [1.29, 1.82) is 0 Å². The van der Waals surface area contributed by atoms with Crippen molar-refractivity contribution in [2.45, 2.75) is 57.1 Å². The third-order valence-corrected chi connectivity index (χ3v) is 3.89. The minimum Gasteiger partial charge on any atom is -0.389 e. The Morgan fingerprint density at radius 1 is 1.50 bits per heavy atom. The van der Waals surface area contributed by atoms with Gasteiger partial charge in [0, 0.05) is 19.5 Å². The summed E-state index contributed by atoms with van der Waals surface area (Å²) in [5, 5.41) is 18.2. The molecule has 2 rings (SSSR count). The van der Waals surface area contributed by atoms with Crippen LogP contribution in [0.3, 0.4) is 0 Å². The Bertz CT molecular complexity index is 369. The molecule has 0 saturated heterocycles. The van der Waals surface area contributed by atoms with E-state index in [0.717, 1.165) is 38.1 Å². The zero-order valence-electron chi connectivity index (χ0n) is 11.4. The smallest absolute Gasteiger partial charge is 0.138 e. The molecular formula is C13H24N4O. The molecule has 5 nitrogen and oxygen atoms in total. The Morgan fingerprint density at radius 3 is 2.78 bits per heavy atom. The molecule has 0 amide bonds. The van der Waals surface area contributed by atoms with Gasteiger partial charge in [0.25, 0.3) is 0 Å². The zero-order valence-corrected chi connectivity index (χ0v) is 11.4. The van der Waals surface area contributed by atoms with Crippen LogP contribution in [-0.2, 0) is 13.5 Å². The van der Waals surface area contributed by atoms with Gasteiger partial charge in [-0.3, -0.25) is 4.68 Å². The van der Waals surface area contributed by atoms with Crippen LogP contribution in [0.25, 0.3) is 0 Å². The van der Waals surface area contributed by atoms with Crippen LogP contribution in [0.2, 0.25) is 0 Å². The first-order valence-electron chi connectivity index (χ1n) is 6.91. The van der Waals surface area contributed by atoms with E-state index in [9.17, 15) is 5.11 Å². The van der Waals surface area contributed by atoms with Crippen molar-refractivity contribution < 1.29 is 5.11 Å². The Labute approximate surface area is 109 Å². The number of rotatable bonds is 5. The number of nitrogens with zero attached hydrogens (tertiary/aromatic N) is 3.